The lowest BCUT2D eigenvalue weighted by atomic mass is 10.1. The molecule has 0 saturated heterocycles. The summed E-state index contributed by atoms with van der Waals surface area (Å²) >= 11 is 0. The number of sulfonamides is 1. The Morgan fingerprint density at radius 1 is 1.07 bits per heavy atom. The monoisotopic (exact) mass is 392 g/mol. The minimum atomic E-state index is -3.45. The number of aliphatic carboxylic acids is 1. The fraction of sp³-hybridized carbons (Fsp3) is 0.222. The van der Waals surface area contributed by atoms with Crippen molar-refractivity contribution in [2.45, 2.75) is 19.1 Å². The molecule has 0 spiro atoms. The Morgan fingerprint density at radius 2 is 1.74 bits per heavy atom. The van der Waals surface area contributed by atoms with Gasteiger partial charge in [0.1, 0.15) is 12.6 Å². The standard InChI is InChI=1S/C18H20N2O6S/c1-27(24,25)20-15-9-5-8-14(10-15)11-16(17(21)22)19-18(23)26-12-13-6-3-2-4-7-13/h2-10,16,20H,11-12H2,1H3,(H,19,23)(H,21,22)/t16-/m0/s1. The number of ether oxygens (including phenoxy) is 1. The molecule has 0 unspecified atom stereocenters. The molecule has 0 bridgehead atoms. The van der Waals surface area contributed by atoms with E-state index < -0.39 is 28.1 Å². The van der Waals surface area contributed by atoms with Crippen molar-refractivity contribution < 1.29 is 27.9 Å². The maximum Gasteiger partial charge on any atom is 0.408 e. The van der Waals surface area contributed by atoms with E-state index in [0.29, 0.717) is 11.3 Å². The van der Waals surface area contributed by atoms with Crippen LogP contribution in [0.3, 0.4) is 0 Å². The van der Waals surface area contributed by atoms with Crippen LogP contribution in [0.25, 0.3) is 0 Å². The maximum absolute atomic E-state index is 11.9. The average Bonchev–Trinajstić information content (AvgIpc) is 2.59. The van der Waals surface area contributed by atoms with E-state index in [-0.39, 0.29) is 13.0 Å². The van der Waals surface area contributed by atoms with E-state index in [0.717, 1.165) is 11.8 Å². The molecule has 0 aliphatic carbocycles. The minimum Gasteiger partial charge on any atom is -0.480 e. The van der Waals surface area contributed by atoms with Gasteiger partial charge in [0.15, 0.2) is 0 Å². The second-order valence-electron chi connectivity index (χ2n) is 5.88. The molecular weight excluding hydrogens is 372 g/mol. The Kier molecular flexibility index (Phi) is 6.78. The first kappa shape index (κ1) is 20.2. The molecule has 1 atom stereocenters. The van der Waals surface area contributed by atoms with Crippen molar-refractivity contribution in [3.05, 3.63) is 65.7 Å². The van der Waals surface area contributed by atoms with E-state index in [1.807, 2.05) is 6.07 Å². The lowest BCUT2D eigenvalue weighted by Crippen LogP contribution is -2.42. The zero-order valence-electron chi connectivity index (χ0n) is 14.6. The van der Waals surface area contributed by atoms with Gasteiger partial charge in [-0.15, -0.1) is 0 Å². The fourth-order valence-corrected chi connectivity index (χ4v) is 2.87. The summed E-state index contributed by atoms with van der Waals surface area (Å²) in [7, 11) is -3.45. The van der Waals surface area contributed by atoms with Crippen molar-refractivity contribution in [1.29, 1.82) is 0 Å². The van der Waals surface area contributed by atoms with E-state index in [9.17, 15) is 23.1 Å². The third-order valence-corrected chi connectivity index (χ3v) is 4.08. The number of rotatable bonds is 8. The molecule has 0 saturated carbocycles. The Bertz CT molecular complexity index is 899. The molecule has 2 rings (SSSR count). The molecule has 27 heavy (non-hydrogen) atoms. The number of hydrogen-bond acceptors (Lipinski definition) is 5. The number of carbonyl (C=O) groups excluding carboxylic acids is 1. The quantitative estimate of drug-likeness (QED) is 0.631. The minimum absolute atomic E-state index is 0.0206. The number of nitrogens with one attached hydrogen (secondary N) is 2. The first-order valence-electron chi connectivity index (χ1n) is 8.00. The summed E-state index contributed by atoms with van der Waals surface area (Å²) < 4.78 is 29.9. The summed E-state index contributed by atoms with van der Waals surface area (Å²) in [5.41, 5.74) is 1.63. The van der Waals surface area contributed by atoms with Crippen LogP contribution in [0.4, 0.5) is 10.5 Å². The molecule has 0 fully saturated rings. The van der Waals surface area contributed by atoms with Crippen LogP contribution in [-0.4, -0.2) is 37.9 Å². The van der Waals surface area contributed by atoms with Crippen LogP contribution in [-0.2, 0) is 32.6 Å². The molecule has 0 aliphatic heterocycles. The third kappa shape index (κ3) is 7.37. The molecule has 0 radical (unpaired) electrons. The van der Waals surface area contributed by atoms with E-state index in [2.05, 4.69) is 10.0 Å². The van der Waals surface area contributed by atoms with E-state index in [1.54, 1.807) is 42.5 Å². The summed E-state index contributed by atoms with van der Waals surface area (Å²) in [4.78, 5) is 23.3. The van der Waals surface area contributed by atoms with E-state index in [4.69, 9.17) is 4.74 Å². The van der Waals surface area contributed by atoms with Gasteiger partial charge in [-0.05, 0) is 23.3 Å². The Hall–Kier alpha value is -3.07. The third-order valence-electron chi connectivity index (χ3n) is 3.47. The van der Waals surface area contributed by atoms with Crippen molar-refractivity contribution in [2.75, 3.05) is 11.0 Å². The highest BCUT2D eigenvalue weighted by molar-refractivity contribution is 7.92. The van der Waals surface area contributed by atoms with Crippen molar-refractivity contribution in [3.8, 4) is 0 Å². The Labute approximate surface area is 157 Å². The van der Waals surface area contributed by atoms with Crippen LogP contribution in [0.15, 0.2) is 54.6 Å². The SMILES string of the molecule is CS(=O)(=O)Nc1cccc(C[C@H](NC(=O)OCc2ccccc2)C(=O)O)c1. The lowest BCUT2D eigenvalue weighted by molar-refractivity contribution is -0.139. The molecule has 3 N–H and O–H groups in total. The molecule has 0 heterocycles. The van der Waals surface area contributed by atoms with Crippen LogP contribution in [0.1, 0.15) is 11.1 Å². The van der Waals surface area contributed by atoms with Gasteiger partial charge in [-0.2, -0.15) is 0 Å². The second kappa shape index (κ2) is 9.04. The molecule has 2 aromatic carbocycles. The number of carboxylic acid groups (broad SMARTS) is 1. The summed E-state index contributed by atoms with van der Waals surface area (Å²) in [5, 5.41) is 11.6. The summed E-state index contributed by atoms with van der Waals surface area (Å²) in [6, 6.07) is 14.1. The van der Waals surface area contributed by atoms with Gasteiger partial charge < -0.3 is 15.2 Å². The van der Waals surface area contributed by atoms with Gasteiger partial charge in [-0.25, -0.2) is 18.0 Å². The normalized spacial score (nSPS) is 12.0. The van der Waals surface area contributed by atoms with Crippen molar-refractivity contribution >= 4 is 27.8 Å². The number of alkyl carbamates (subject to hydrolysis) is 1. The molecule has 0 aromatic heterocycles. The van der Waals surface area contributed by atoms with Gasteiger partial charge in [0.05, 0.1) is 6.26 Å². The molecule has 8 nitrogen and oxygen atoms in total. The van der Waals surface area contributed by atoms with Crippen LogP contribution < -0.4 is 10.0 Å². The van der Waals surface area contributed by atoms with Crippen LogP contribution in [0, 0.1) is 0 Å². The molecule has 144 valence electrons. The fourth-order valence-electron chi connectivity index (χ4n) is 2.32. The average molecular weight is 392 g/mol. The predicted molar refractivity (Wildman–Crippen MR) is 99.8 cm³/mol. The number of benzene rings is 2. The highest BCUT2D eigenvalue weighted by Gasteiger charge is 2.21. The molecule has 9 heteroatoms. The molecular formula is C18H20N2O6S. The van der Waals surface area contributed by atoms with Crippen molar-refractivity contribution in [1.82, 2.24) is 5.32 Å². The summed E-state index contributed by atoms with van der Waals surface area (Å²) in [6.07, 6.45) is 0.135. The van der Waals surface area contributed by atoms with Gasteiger partial charge in [0.2, 0.25) is 10.0 Å². The van der Waals surface area contributed by atoms with Crippen LogP contribution >= 0.6 is 0 Å². The predicted octanol–water partition coefficient (Wildman–Crippen LogP) is 1.98. The lowest BCUT2D eigenvalue weighted by Gasteiger charge is -2.15. The van der Waals surface area contributed by atoms with Gasteiger partial charge in [0, 0.05) is 12.1 Å². The first-order valence-corrected chi connectivity index (χ1v) is 9.89. The largest absolute Gasteiger partial charge is 0.480 e. The van der Waals surface area contributed by atoms with Gasteiger partial charge in [0.25, 0.3) is 0 Å². The molecule has 2 aromatic rings. The topological polar surface area (TPSA) is 122 Å². The maximum atomic E-state index is 11.9. The van der Waals surface area contributed by atoms with E-state index in [1.165, 1.54) is 6.07 Å². The number of carboxylic acids is 1. The number of carbonyl (C=O) groups is 2. The smallest absolute Gasteiger partial charge is 0.408 e. The second-order valence-corrected chi connectivity index (χ2v) is 7.62. The summed E-state index contributed by atoms with van der Waals surface area (Å²) in [6.45, 7) is 0.0206. The van der Waals surface area contributed by atoms with Crippen LogP contribution in [0.5, 0.6) is 0 Å². The zero-order valence-corrected chi connectivity index (χ0v) is 15.4. The molecule has 1 amide bonds. The Balaban J connectivity index is 1.98. The van der Waals surface area contributed by atoms with Crippen molar-refractivity contribution in [2.24, 2.45) is 0 Å². The van der Waals surface area contributed by atoms with E-state index >= 15 is 0 Å². The summed E-state index contributed by atoms with van der Waals surface area (Å²) in [5.74, 6) is -1.23. The Morgan fingerprint density at radius 3 is 2.37 bits per heavy atom. The molecule has 0 aliphatic rings. The van der Waals surface area contributed by atoms with Gasteiger partial charge in [-0.3, -0.25) is 4.72 Å². The zero-order chi connectivity index (χ0) is 19.9. The first-order chi connectivity index (χ1) is 12.7. The highest BCUT2D eigenvalue weighted by Crippen LogP contribution is 2.14. The number of amides is 1. The van der Waals surface area contributed by atoms with Crippen molar-refractivity contribution in [3.63, 3.8) is 0 Å². The van der Waals surface area contributed by atoms with Gasteiger partial charge in [-0.1, -0.05) is 42.5 Å². The van der Waals surface area contributed by atoms with Crippen LogP contribution in [0.2, 0.25) is 0 Å². The highest BCUT2D eigenvalue weighted by atomic mass is 32.2. The number of anilines is 1. The number of hydrogen-bond donors (Lipinski definition) is 3. The van der Waals surface area contributed by atoms with Gasteiger partial charge >= 0.3 is 12.1 Å².